The van der Waals surface area contributed by atoms with Gasteiger partial charge in [-0.15, -0.1) is 0 Å². The zero-order valence-electron chi connectivity index (χ0n) is 13.6. The van der Waals surface area contributed by atoms with Crippen molar-refractivity contribution >= 4 is 11.0 Å². The van der Waals surface area contributed by atoms with E-state index in [1.807, 2.05) is 0 Å². The standard InChI is InChI=1S/C17H20F2N2O3/c1-10-7-11(10)9-24-6-5-17(18,19)15-16(22)21-14-8-12(23-2)3-4-13(14)20-15/h3-4,8,10-11H,5-7,9H2,1-2H3,(H,21,22). The van der Waals surface area contributed by atoms with Crippen LogP contribution in [0.4, 0.5) is 8.78 Å². The number of methoxy groups -OCH3 is 1. The quantitative estimate of drug-likeness (QED) is 0.783. The molecular formula is C17H20F2N2O3. The van der Waals surface area contributed by atoms with Crippen LogP contribution in [0.1, 0.15) is 25.5 Å². The number of halogens is 2. The number of alkyl halides is 2. The molecule has 1 fully saturated rings. The van der Waals surface area contributed by atoms with Gasteiger partial charge in [-0.1, -0.05) is 6.92 Å². The molecule has 0 radical (unpaired) electrons. The normalized spacial score (nSPS) is 20.3. The molecule has 0 amide bonds. The number of hydrogen-bond donors (Lipinski definition) is 1. The molecule has 1 aromatic heterocycles. The summed E-state index contributed by atoms with van der Waals surface area (Å²) in [6.45, 7) is 2.53. The molecule has 5 nitrogen and oxygen atoms in total. The third-order valence-electron chi connectivity index (χ3n) is 4.37. The SMILES string of the molecule is COc1ccc2nc(C(F)(F)CCOCC3CC3C)c(O)nc2c1. The molecule has 2 aromatic rings. The monoisotopic (exact) mass is 338 g/mol. The third kappa shape index (κ3) is 3.56. The van der Waals surface area contributed by atoms with Gasteiger partial charge in [-0.2, -0.15) is 8.78 Å². The van der Waals surface area contributed by atoms with Gasteiger partial charge in [0.1, 0.15) is 5.75 Å². The van der Waals surface area contributed by atoms with E-state index in [9.17, 15) is 13.9 Å². The van der Waals surface area contributed by atoms with Crippen LogP contribution in [0.2, 0.25) is 0 Å². The Morgan fingerprint density at radius 3 is 2.71 bits per heavy atom. The van der Waals surface area contributed by atoms with Gasteiger partial charge in [0.05, 0.1) is 24.8 Å². The average Bonchev–Trinajstić information content (AvgIpc) is 3.25. The van der Waals surface area contributed by atoms with Crippen LogP contribution >= 0.6 is 0 Å². The second-order valence-electron chi connectivity index (χ2n) is 6.25. The minimum Gasteiger partial charge on any atom is -0.497 e. The Bertz CT molecular complexity index is 739. The van der Waals surface area contributed by atoms with Crippen molar-refractivity contribution in [2.24, 2.45) is 11.8 Å². The van der Waals surface area contributed by atoms with Crippen LogP contribution in [-0.2, 0) is 10.7 Å². The Morgan fingerprint density at radius 1 is 1.29 bits per heavy atom. The zero-order chi connectivity index (χ0) is 17.3. The predicted molar refractivity (Wildman–Crippen MR) is 84.4 cm³/mol. The maximum absolute atomic E-state index is 14.3. The molecule has 0 spiro atoms. The Balaban J connectivity index is 1.72. The maximum Gasteiger partial charge on any atom is 0.297 e. The van der Waals surface area contributed by atoms with E-state index in [4.69, 9.17) is 9.47 Å². The highest BCUT2D eigenvalue weighted by Crippen LogP contribution is 2.39. The van der Waals surface area contributed by atoms with Crippen LogP contribution in [0.5, 0.6) is 11.6 Å². The lowest BCUT2D eigenvalue weighted by Crippen LogP contribution is -2.19. The van der Waals surface area contributed by atoms with Crippen molar-refractivity contribution in [3.63, 3.8) is 0 Å². The van der Waals surface area contributed by atoms with Gasteiger partial charge in [-0.05, 0) is 30.4 Å². The molecule has 1 heterocycles. The van der Waals surface area contributed by atoms with Gasteiger partial charge < -0.3 is 14.6 Å². The number of rotatable bonds is 7. The second-order valence-corrected chi connectivity index (χ2v) is 6.25. The number of ether oxygens (including phenoxy) is 2. The summed E-state index contributed by atoms with van der Waals surface area (Å²) in [6, 6.07) is 4.67. The Morgan fingerprint density at radius 2 is 2.04 bits per heavy atom. The Hall–Kier alpha value is -2.02. The highest BCUT2D eigenvalue weighted by atomic mass is 19.3. The van der Waals surface area contributed by atoms with Crippen molar-refractivity contribution in [1.82, 2.24) is 9.97 Å². The molecule has 0 saturated heterocycles. The summed E-state index contributed by atoms with van der Waals surface area (Å²) < 4.78 is 39.0. The largest absolute Gasteiger partial charge is 0.497 e. The Kier molecular flexibility index (Phi) is 4.54. The first-order chi connectivity index (χ1) is 11.4. The molecule has 1 saturated carbocycles. The van der Waals surface area contributed by atoms with E-state index in [1.54, 1.807) is 6.07 Å². The summed E-state index contributed by atoms with van der Waals surface area (Å²) in [5, 5.41) is 9.86. The minimum absolute atomic E-state index is 0.0853. The fourth-order valence-electron chi connectivity index (χ4n) is 2.58. The molecule has 1 aliphatic carbocycles. The van der Waals surface area contributed by atoms with Gasteiger partial charge in [0.2, 0.25) is 5.88 Å². The van der Waals surface area contributed by atoms with Crippen LogP contribution in [-0.4, -0.2) is 35.4 Å². The fourth-order valence-corrected chi connectivity index (χ4v) is 2.58. The van der Waals surface area contributed by atoms with E-state index < -0.39 is 23.9 Å². The molecule has 1 aromatic carbocycles. The average molecular weight is 338 g/mol. The van der Waals surface area contributed by atoms with Crippen molar-refractivity contribution in [2.75, 3.05) is 20.3 Å². The summed E-state index contributed by atoms with van der Waals surface area (Å²) in [5.74, 6) is -2.45. The van der Waals surface area contributed by atoms with Crippen LogP contribution < -0.4 is 4.74 Å². The van der Waals surface area contributed by atoms with Crippen LogP contribution in [0.25, 0.3) is 11.0 Å². The van der Waals surface area contributed by atoms with E-state index in [0.717, 1.165) is 6.42 Å². The van der Waals surface area contributed by atoms with Gasteiger partial charge >= 0.3 is 0 Å². The van der Waals surface area contributed by atoms with Crippen LogP contribution in [0.3, 0.4) is 0 Å². The molecule has 0 aliphatic heterocycles. The summed E-state index contributed by atoms with van der Waals surface area (Å²) in [5.41, 5.74) is -0.148. The molecule has 2 unspecified atom stereocenters. The van der Waals surface area contributed by atoms with E-state index in [2.05, 4.69) is 16.9 Å². The smallest absolute Gasteiger partial charge is 0.297 e. The number of aromatic nitrogens is 2. The Labute approximate surface area is 138 Å². The second kappa shape index (κ2) is 6.47. The zero-order valence-corrected chi connectivity index (χ0v) is 13.6. The molecule has 130 valence electrons. The summed E-state index contributed by atoms with van der Waals surface area (Å²) in [4.78, 5) is 7.71. The maximum atomic E-state index is 14.3. The topological polar surface area (TPSA) is 64.5 Å². The first-order valence-corrected chi connectivity index (χ1v) is 7.91. The van der Waals surface area contributed by atoms with Crippen molar-refractivity contribution in [2.45, 2.75) is 25.7 Å². The predicted octanol–water partition coefficient (Wildman–Crippen LogP) is 3.50. The third-order valence-corrected chi connectivity index (χ3v) is 4.37. The molecule has 24 heavy (non-hydrogen) atoms. The highest BCUT2D eigenvalue weighted by molar-refractivity contribution is 5.76. The van der Waals surface area contributed by atoms with E-state index in [0.29, 0.717) is 29.7 Å². The number of benzene rings is 1. The van der Waals surface area contributed by atoms with E-state index >= 15 is 0 Å². The van der Waals surface area contributed by atoms with Crippen LogP contribution in [0.15, 0.2) is 18.2 Å². The lowest BCUT2D eigenvalue weighted by Gasteiger charge is -2.17. The van der Waals surface area contributed by atoms with Gasteiger partial charge in [-0.3, -0.25) is 0 Å². The van der Waals surface area contributed by atoms with Gasteiger partial charge in [0.25, 0.3) is 5.92 Å². The van der Waals surface area contributed by atoms with Crippen LogP contribution in [0, 0.1) is 11.8 Å². The summed E-state index contributed by atoms with van der Waals surface area (Å²) in [6.07, 6.45) is 0.550. The van der Waals surface area contributed by atoms with Crippen molar-refractivity contribution in [1.29, 1.82) is 0 Å². The molecule has 7 heteroatoms. The lowest BCUT2D eigenvalue weighted by molar-refractivity contribution is -0.0452. The highest BCUT2D eigenvalue weighted by Gasteiger charge is 2.38. The molecule has 2 atom stereocenters. The number of hydrogen-bond acceptors (Lipinski definition) is 5. The first-order valence-electron chi connectivity index (χ1n) is 7.91. The van der Waals surface area contributed by atoms with Crippen molar-refractivity contribution < 1.29 is 23.4 Å². The minimum atomic E-state index is -3.31. The fraction of sp³-hybridized carbons (Fsp3) is 0.529. The summed E-state index contributed by atoms with van der Waals surface area (Å²) in [7, 11) is 1.49. The number of fused-ring (bicyclic) bond motifs is 1. The van der Waals surface area contributed by atoms with Gasteiger partial charge in [-0.25, -0.2) is 9.97 Å². The lowest BCUT2D eigenvalue weighted by atomic mass is 10.1. The van der Waals surface area contributed by atoms with Crippen molar-refractivity contribution in [3.8, 4) is 11.6 Å². The molecular weight excluding hydrogens is 318 g/mol. The van der Waals surface area contributed by atoms with E-state index in [-0.39, 0.29) is 12.1 Å². The molecule has 3 rings (SSSR count). The van der Waals surface area contributed by atoms with E-state index in [1.165, 1.54) is 19.2 Å². The summed E-state index contributed by atoms with van der Waals surface area (Å²) >= 11 is 0. The molecule has 1 aliphatic rings. The first kappa shape index (κ1) is 16.8. The number of nitrogens with zero attached hydrogens (tertiary/aromatic N) is 2. The molecule has 0 bridgehead atoms. The van der Waals surface area contributed by atoms with Gasteiger partial charge in [0, 0.05) is 19.1 Å². The molecule has 1 N–H and O–H groups in total. The van der Waals surface area contributed by atoms with Gasteiger partial charge in [0.15, 0.2) is 5.69 Å². The van der Waals surface area contributed by atoms with Crippen molar-refractivity contribution in [3.05, 3.63) is 23.9 Å². The number of aromatic hydroxyl groups is 1.